The van der Waals surface area contributed by atoms with E-state index in [-0.39, 0.29) is 11.2 Å². The van der Waals surface area contributed by atoms with Crippen LogP contribution in [0.25, 0.3) is 0 Å². The number of hydrogen-bond acceptors (Lipinski definition) is 3. The summed E-state index contributed by atoms with van der Waals surface area (Å²) in [5.74, 6) is 1.24. The lowest BCUT2D eigenvalue weighted by Gasteiger charge is -2.27. The predicted octanol–water partition coefficient (Wildman–Crippen LogP) is 1.47. The summed E-state index contributed by atoms with van der Waals surface area (Å²) < 4.78 is 2.00. The summed E-state index contributed by atoms with van der Waals surface area (Å²) in [6.45, 7) is 7.11. The van der Waals surface area contributed by atoms with Gasteiger partial charge in [-0.15, -0.1) is 0 Å². The van der Waals surface area contributed by atoms with Gasteiger partial charge in [-0.2, -0.15) is 0 Å². The van der Waals surface area contributed by atoms with E-state index in [4.69, 9.17) is 0 Å². The van der Waals surface area contributed by atoms with Crippen LogP contribution in [0.5, 0.6) is 0 Å². The van der Waals surface area contributed by atoms with E-state index in [9.17, 15) is 4.79 Å². The fraction of sp³-hybridized carbons (Fsp3) is 0.667. The summed E-state index contributed by atoms with van der Waals surface area (Å²) in [5.41, 5.74) is -0.292. The summed E-state index contributed by atoms with van der Waals surface area (Å²) >= 11 is 0. The number of nitrogens with zero attached hydrogens (tertiary/aromatic N) is 3. The zero-order valence-electron chi connectivity index (χ0n) is 10.8. The lowest BCUT2D eigenvalue weighted by molar-refractivity contribution is -0.125. The van der Waals surface area contributed by atoms with Crippen LogP contribution >= 0.6 is 0 Å². The molecule has 0 saturated carbocycles. The van der Waals surface area contributed by atoms with Crippen molar-refractivity contribution in [1.82, 2.24) is 14.5 Å². The summed E-state index contributed by atoms with van der Waals surface area (Å²) in [4.78, 5) is 17.8. The Labute approximate surface area is 97.3 Å². The first-order valence-electron chi connectivity index (χ1n) is 5.49. The highest BCUT2D eigenvalue weighted by Gasteiger charge is 2.25. The van der Waals surface area contributed by atoms with Gasteiger partial charge in [-0.1, -0.05) is 13.8 Å². The first-order valence-corrected chi connectivity index (χ1v) is 5.49. The Kier molecular flexibility index (Phi) is 3.86. The molecular formula is C12H21N3O. The van der Waals surface area contributed by atoms with Crippen molar-refractivity contribution in [3.8, 4) is 0 Å². The first-order chi connectivity index (χ1) is 7.33. The van der Waals surface area contributed by atoms with Crippen LogP contribution in [0.3, 0.4) is 0 Å². The number of hydrogen-bond donors (Lipinski definition) is 0. The monoisotopic (exact) mass is 223 g/mol. The summed E-state index contributed by atoms with van der Waals surface area (Å²) in [6, 6.07) is 0. The lowest BCUT2D eigenvalue weighted by atomic mass is 9.88. The van der Waals surface area contributed by atoms with Gasteiger partial charge in [0.1, 0.15) is 11.6 Å². The fourth-order valence-electron chi connectivity index (χ4n) is 1.63. The topological polar surface area (TPSA) is 38.1 Å². The van der Waals surface area contributed by atoms with Crippen molar-refractivity contribution >= 4 is 5.78 Å². The zero-order valence-corrected chi connectivity index (χ0v) is 10.8. The molecule has 0 bridgehead atoms. The van der Waals surface area contributed by atoms with E-state index in [1.807, 2.05) is 38.7 Å². The van der Waals surface area contributed by atoms with E-state index in [1.165, 1.54) is 0 Å². The standard InChI is InChI=1S/C12H21N3O/c1-10(16)12(2,3)9-14(4)8-11-13-6-7-15(11)5/h6-7H,8-9H2,1-5H3. The van der Waals surface area contributed by atoms with Gasteiger partial charge in [-0.25, -0.2) is 4.98 Å². The third kappa shape index (κ3) is 3.17. The molecule has 4 nitrogen and oxygen atoms in total. The number of carbonyl (C=O) groups is 1. The number of imidazole rings is 1. The van der Waals surface area contributed by atoms with E-state index < -0.39 is 0 Å². The van der Waals surface area contributed by atoms with Gasteiger partial charge in [-0.05, 0) is 14.0 Å². The van der Waals surface area contributed by atoms with Crippen LogP contribution in [0.1, 0.15) is 26.6 Å². The number of aromatic nitrogens is 2. The highest BCUT2D eigenvalue weighted by atomic mass is 16.1. The van der Waals surface area contributed by atoms with Gasteiger partial charge in [0.15, 0.2) is 0 Å². The molecule has 0 aliphatic carbocycles. The molecule has 0 aliphatic heterocycles. The van der Waals surface area contributed by atoms with E-state index in [2.05, 4.69) is 9.88 Å². The maximum Gasteiger partial charge on any atom is 0.136 e. The third-order valence-electron chi connectivity index (χ3n) is 2.95. The SMILES string of the molecule is CC(=O)C(C)(C)CN(C)Cc1nccn1C. The minimum Gasteiger partial charge on any atom is -0.337 e. The van der Waals surface area contributed by atoms with Gasteiger partial charge in [0, 0.05) is 31.4 Å². The van der Waals surface area contributed by atoms with E-state index in [1.54, 1.807) is 13.1 Å². The molecule has 90 valence electrons. The smallest absolute Gasteiger partial charge is 0.136 e. The molecule has 0 saturated heterocycles. The second-order valence-electron chi connectivity index (χ2n) is 5.07. The van der Waals surface area contributed by atoms with Crippen molar-refractivity contribution in [1.29, 1.82) is 0 Å². The van der Waals surface area contributed by atoms with Crippen molar-refractivity contribution in [2.24, 2.45) is 12.5 Å². The molecule has 1 aromatic heterocycles. The Morgan fingerprint density at radius 2 is 2.19 bits per heavy atom. The van der Waals surface area contributed by atoms with Crippen molar-refractivity contribution in [3.05, 3.63) is 18.2 Å². The molecule has 0 spiro atoms. The van der Waals surface area contributed by atoms with Crippen LogP contribution in [0.15, 0.2) is 12.4 Å². The van der Waals surface area contributed by atoms with Crippen molar-refractivity contribution in [2.75, 3.05) is 13.6 Å². The molecule has 0 radical (unpaired) electrons. The quantitative estimate of drug-likeness (QED) is 0.758. The normalized spacial score (nSPS) is 12.1. The molecule has 16 heavy (non-hydrogen) atoms. The van der Waals surface area contributed by atoms with E-state index in [0.717, 1.165) is 18.9 Å². The summed E-state index contributed by atoms with van der Waals surface area (Å²) in [7, 11) is 3.99. The van der Waals surface area contributed by atoms with Crippen molar-refractivity contribution < 1.29 is 4.79 Å². The van der Waals surface area contributed by atoms with Crippen LogP contribution in [-0.2, 0) is 18.4 Å². The molecule has 0 fully saturated rings. The largest absolute Gasteiger partial charge is 0.337 e. The Morgan fingerprint density at radius 1 is 1.56 bits per heavy atom. The van der Waals surface area contributed by atoms with Gasteiger partial charge in [0.25, 0.3) is 0 Å². The van der Waals surface area contributed by atoms with Gasteiger partial charge in [0.05, 0.1) is 6.54 Å². The Bertz CT molecular complexity index is 368. The number of carbonyl (C=O) groups excluding carboxylic acids is 1. The van der Waals surface area contributed by atoms with E-state index >= 15 is 0 Å². The lowest BCUT2D eigenvalue weighted by Crippen LogP contribution is -2.36. The Balaban J connectivity index is 2.58. The van der Waals surface area contributed by atoms with E-state index in [0.29, 0.717) is 0 Å². The number of rotatable bonds is 5. The number of ketones is 1. The maximum atomic E-state index is 11.4. The highest BCUT2D eigenvalue weighted by molar-refractivity contribution is 5.81. The molecule has 0 atom stereocenters. The van der Waals surface area contributed by atoms with Crippen molar-refractivity contribution in [2.45, 2.75) is 27.3 Å². The molecule has 0 aromatic carbocycles. The third-order valence-corrected chi connectivity index (χ3v) is 2.95. The molecule has 0 aliphatic rings. The summed E-state index contributed by atoms with van der Waals surface area (Å²) in [6.07, 6.45) is 3.72. The minimum atomic E-state index is -0.292. The van der Waals surface area contributed by atoms with Crippen LogP contribution in [-0.4, -0.2) is 33.8 Å². The molecule has 4 heteroatoms. The van der Waals surface area contributed by atoms with Crippen molar-refractivity contribution in [3.63, 3.8) is 0 Å². The van der Waals surface area contributed by atoms with Gasteiger partial charge >= 0.3 is 0 Å². The number of aryl methyl sites for hydroxylation is 1. The summed E-state index contributed by atoms with van der Waals surface area (Å²) in [5, 5.41) is 0. The van der Waals surface area contributed by atoms with Gasteiger partial charge in [-0.3, -0.25) is 9.69 Å². The minimum absolute atomic E-state index is 0.221. The molecule has 1 heterocycles. The number of Topliss-reactive ketones (excluding diaryl/α,β-unsaturated/α-hetero) is 1. The highest BCUT2D eigenvalue weighted by Crippen LogP contribution is 2.18. The molecule has 1 rings (SSSR count). The molecule has 0 unspecified atom stereocenters. The van der Waals surface area contributed by atoms with Gasteiger partial charge in [0.2, 0.25) is 0 Å². The second-order valence-corrected chi connectivity index (χ2v) is 5.07. The average Bonchev–Trinajstić information content (AvgIpc) is 2.50. The first kappa shape index (κ1) is 12.9. The average molecular weight is 223 g/mol. The Morgan fingerprint density at radius 3 is 2.62 bits per heavy atom. The molecular weight excluding hydrogens is 202 g/mol. The van der Waals surface area contributed by atoms with Crippen LogP contribution in [0, 0.1) is 5.41 Å². The van der Waals surface area contributed by atoms with Crippen LogP contribution in [0.2, 0.25) is 0 Å². The Hall–Kier alpha value is -1.16. The maximum absolute atomic E-state index is 11.4. The second kappa shape index (κ2) is 4.78. The van der Waals surface area contributed by atoms with Gasteiger partial charge < -0.3 is 4.57 Å². The molecule has 0 amide bonds. The zero-order chi connectivity index (χ0) is 12.3. The molecule has 0 N–H and O–H groups in total. The molecule has 1 aromatic rings. The van der Waals surface area contributed by atoms with Crippen LogP contribution < -0.4 is 0 Å². The predicted molar refractivity (Wildman–Crippen MR) is 64.0 cm³/mol. The van der Waals surface area contributed by atoms with Crippen LogP contribution in [0.4, 0.5) is 0 Å². The fourth-order valence-corrected chi connectivity index (χ4v) is 1.63.